The highest BCUT2D eigenvalue weighted by Gasteiger charge is 2.36. The smallest absolute Gasteiger partial charge is 0.314 e. The Kier molecular flexibility index (Phi) is 5.06. The fraction of sp³-hybridized carbons (Fsp3) is 0.727. The van der Waals surface area contributed by atoms with Gasteiger partial charge < -0.3 is 5.11 Å². The van der Waals surface area contributed by atoms with Crippen LogP contribution in [0.25, 0.3) is 0 Å². The summed E-state index contributed by atoms with van der Waals surface area (Å²) in [5, 5.41) is 8.85. The minimum Gasteiger partial charge on any atom is -0.481 e. The number of hydrogen-bond donors (Lipinski definition) is 3. The molecular formula is C11H16O4S2. The van der Waals surface area contributed by atoms with Crippen LogP contribution in [0.5, 0.6) is 0 Å². The molecule has 0 aromatic heterocycles. The predicted octanol–water partition coefficient (Wildman–Crippen LogP) is 1.39. The van der Waals surface area contributed by atoms with Crippen LogP contribution in [0.4, 0.5) is 0 Å². The molecule has 0 saturated heterocycles. The van der Waals surface area contributed by atoms with Crippen LogP contribution >= 0.6 is 25.3 Å². The first-order valence-corrected chi connectivity index (χ1v) is 6.56. The van der Waals surface area contributed by atoms with Crippen LogP contribution in [-0.4, -0.2) is 33.1 Å². The van der Waals surface area contributed by atoms with E-state index in [-0.39, 0.29) is 23.7 Å². The molecule has 0 spiro atoms. The maximum atomic E-state index is 11.8. The summed E-state index contributed by atoms with van der Waals surface area (Å²) in [7, 11) is 0. The molecule has 6 heteroatoms. The van der Waals surface area contributed by atoms with Crippen molar-refractivity contribution < 1.29 is 19.5 Å². The molecule has 1 aliphatic rings. The van der Waals surface area contributed by atoms with E-state index in [1.54, 1.807) is 0 Å². The molecule has 0 aliphatic heterocycles. The van der Waals surface area contributed by atoms with E-state index in [1.165, 1.54) is 0 Å². The molecule has 0 radical (unpaired) electrons. The van der Waals surface area contributed by atoms with E-state index in [4.69, 9.17) is 5.11 Å². The average molecular weight is 276 g/mol. The summed E-state index contributed by atoms with van der Waals surface area (Å²) >= 11 is 8.31. The molecule has 1 unspecified atom stereocenters. The van der Waals surface area contributed by atoms with E-state index in [1.807, 2.05) is 0 Å². The Morgan fingerprint density at radius 2 is 1.88 bits per heavy atom. The number of aliphatic carboxylic acids is 1. The highest BCUT2D eigenvalue weighted by atomic mass is 32.1. The number of hydrogen-bond acceptors (Lipinski definition) is 5. The zero-order chi connectivity index (χ0) is 13.1. The van der Waals surface area contributed by atoms with Crippen LogP contribution in [0.15, 0.2) is 0 Å². The molecule has 0 aromatic carbocycles. The number of carbonyl (C=O) groups excluding carboxylic acids is 2. The molecule has 1 saturated carbocycles. The van der Waals surface area contributed by atoms with Crippen molar-refractivity contribution in [3.05, 3.63) is 0 Å². The van der Waals surface area contributed by atoms with E-state index in [9.17, 15) is 14.4 Å². The van der Waals surface area contributed by atoms with Crippen molar-refractivity contribution in [3.8, 4) is 0 Å². The Hall–Kier alpha value is -0.490. The summed E-state index contributed by atoms with van der Waals surface area (Å²) in [5.74, 6) is -2.38. The summed E-state index contributed by atoms with van der Waals surface area (Å²) in [5.41, 5.74) is 0. The van der Waals surface area contributed by atoms with Crippen LogP contribution in [-0.2, 0) is 14.4 Å². The molecular weight excluding hydrogens is 260 g/mol. The van der Waals surface area contributed by atoms with Gasteiger partial charge in [0.15, 0.2) is 0 Å². The van der Waals surface area contributed by atoms with Gasteiger partial charge in [-0.3, -0.25) is 14.4 Å². The molecule has 17 heavy (non-hydrogen) atoms. The van der Waals surface area contributed by atoms with E-state index in [2.05, 4.69) is 25.3 Å². The Morgan fingerprint density at radius 3 is 2.29 bits per heavy atom. The molecule has 0 aromatic rings. The van der Waals surface area contributed by atoms with Crippen molar-refractivity contribution in [1.82, 2.24) is 0 Å². The Balaban J connectivity index is 2.61. The average Bonchev–Trinajstić information content (AvgIpc) is 2.23. The molecule has 1 aliphatic carbocycles. The van der Waals surface area contributed by atoms with Gasteiger partial charge >= 0.3 is 5.97 Å². The number of ketones is 2. The van der Waals surface area contributed by atoms with Crippen molar-refractivity contribution in [2.24, 2.45) is 5.92 Å². The van der Waals surface area contributed by atoms with Gasteiger partial charge in [0.25, 0.3) is 0 Å². The van der Waals surface area contributed by atoms with Gasteiger partial charge in [0, 0.05) is 29.8 Å². The summed E-state index contributed by atoms with van der Waals surface area (Å²) in [6.45, 7) is 0. The summed E-state index contributed by atoms with van der Waals surface area (Å²) < 4.78 is -0.526. The topological polar surface area (TPSA) is 71.4 Å². The molecule has 1 atom stereocenters. The Bertz CT molecular complexity index is 330. The normalized spacial score (nSPS) is 20.9. The molecule has 0 bridgehead atoms. The maximum absolute atomic E-state index is 11.8. The van der Waals surface area contributed by atoms with Gasteiger partial charge in [-0.15, -0.1) is 0 Å². The minimum absolute atomic E-state index is 0.00302. The third-order valence-corrected chi connectivity index (χ3v) is 4.08. The predicted molar refractivity (Wildman–Crippen MR) is 69.8 cm³/mol. The van der Waals surface area contributed by atoms with E-state index < -0.39 is 16.6 Å². The molecule has 96 valence electrons. The van der Waals surface area contributed by atoms with Crippen molar-refractivity contribution >= 4 is 42.8 Å². The molecule has 4 nitrogen and oxygen atoms in total. The number of carbonyl (C=O) groups is 3. The molecule has 1 rings (SSSR count). The number of Topliss-reactive ketones (excluding diaryl/α,β-unsaturated/α-hetero) is 2. The lowest BCUT2D eigenvalue weighted by Crippen LogP contribution is -2.36. The highest BCUT2D eigenvalue weighted by Crippen LogP contribution is 2.36. The second kappa shape index (κ2) is 5.91. The third kappa shape index (κ3) is 4.03. The fourth-order valence-corrected chi connectivity index (χ4v) is 2.68. The third-order valence-electron chi connectivity index (χ3n) is 3.11. The molecule has 0 amide bonds. The van der Waals surface area contributed by atoms with Crippen LogP contribution in [0.3, 0.4) is 0 Å². The molecule has 1 fully saturated rings. The van der Waals surface area contributed by atoms with E-state index >= 15 is 0 Å². The van der Waals surface area contributed by atoms with Gasteiger partial charge in [-0.05, 0) is 12.8 Å². The van der Waals surface area contributed by atoms with Gasteiger partial charge in [-0.2, -0.15) is 25.3 Å². The molecule has 0 heterocycles. The van der Waals surface area contributed by atoms with Gasteiger partial charge in [-0.1, -0.05) is 0 Å². The zero-order valence-corrected chi connectivity index (χ0v) is 11.2. The standard InChI is InChI=1S/C11H16O4S2/c12-7-1-3-11(17,4-2-7)5-9(13)8(6-16)10(14)15/h8,16-17H,1-6H2,(H,14,15). The van der Waals surface area contributed by atoms with Crippen molar-refractivity contribution in [1.29, 1.82) is 0 Å². The van der Waals surface area contributed by atoms with Crippen molar-refractivity contribution in [2.75, 3.05) is 5.75 Å². The Morgan fingerprint density at radius 1 is 1.35 bits per heavy atom. The van der Waals surface area contributed by atoms with Gasteiger partial charge in [0.1, 0.15) is 17.5 Å². The lowest BCUT2D eigenvalue weighted by Gasteiger charge is -2.31. The maximum Gasteiger partial charge on any atom is 0.314 e. The van der Waals surface area contributed by atoms with E-state index in [0.717, 1.165) is 0 Å². The van der Waals surface area contributed by atoms with Gasteiger partial charge in [0.05, 0.1) is 0 Å². The molecule has 1 N–H and O–H groups in total. The second-order valence-corrected chi connectivity index (χ2v) is 5.79. The summed E-state index contributed by atoms with van der Waals surface area (Å²) in [4.78, 5) is 33.7. The number of rotatable bonds is 5. The quantitative estimate of drug-likeness (QED) is 0.524. The first kappa shape index (κ1) is 14.6. The zero-order valence-electron chi connectivity index (χ0n) is 9.39. The monoisotopic (exact) mass is 276 g/mol. The second-order valence-electron chi connectivity index (χ2n) is 4.48. The number of thiol groups is 2. The first-order valence-electron chi connectivity index (χ1n) is 5.48. The van der Waals surface area contributed by atoms with Crippen LogP contribution in [0.2, 0.25) is 0 Å². The number of carboxylic acids is 1. The lowest BCUT2D eigenvalue weighted by atomic mass is 9.82. The summed E-state index contributed by atoms with van der Waals surface area (Å²) in [6, 6.07) is 0. The SMILES string of the molecule is O=C1CCC(S)(CC(=O)C(CS)C(=O)O)CC1. The van der Waals surface area contributed by atoms with Gasteiger partial charge in [0.2, 0.25) is 0 Å². The summed E-state index contributed by atoms with van der Waals surface area (Å²) in [6.07, 6.45) is 2.03. The van der Waals surface area contributed by atoms with Crippen LogP contribution < -0.4 is 0 Å². The van der Waals surface area contributed by atoms with Crippen LogP contribution in [0.1, 0.15) is 32.1 Å². The minimum atomic E-state index is -1.14. The van der Waals surface area contributed by atoms with E-state index in [0.29, 0.717) is 25.7 Å². The van der Waals surface area contributed by atoms with Crippen LogP contribution in [0, 0.1) is 5.92 Å². The fourth-order valence-electron chi connectivity index (χ4n) is 1.94. The van der Waals surface area contributed by atoms with Gasteiger partial charge in [-0.25, -0.2) is 0 Å². The Labute approximate surface area is 111 Å². The number of carboxylic acid groups (broad SMARTS) is 1. The van der Waals surface area contributed by atoms with Crippen molar-refractivity contribution in [3.63, 3.8) is 0 Å². The lowest BCUT2D eigenvalue weighted by molar-refractivity contribution is -0.145. The largest absolute Gasteiger partial charge is 0.481 e. The van der Waals surface area contributed by atoms with Crippen molar-refractivity contribution in [2.45, 2.75) is 36.9 Å². The highest BCUT2D eigenvalue weighted by molar-refractivity contribution is 7.81. The first-order chi connectivity index (χ1) is 7.88.